The molecule has 0 aliphatic heterocycles. The molecular formula is C28H33NO5. The van der Waals surface area contributed by atoms with Crippen LogP contribution in [0.2, 0.25) is 0 Å². The number of nitrogens with zero attached hydrogens (tertiary/aromatic N) is 1. The van der Waals surface area contributed by atoms with Gasteiger partial charge in [-0.15, -0.1) is 0 Å². The fourth-order valence-electron chi connectivity index (χ4n) is 7.66. The van der Waals surface area contributed by atoms with Gasteiger partial charge in [0.1, 0.15) is 6.10 Å². The molecule has 6 heteroatoms. The van der Waals surface area contributed by atoms with Crippen LogP contribution in [-0.2, 0) is 14.3 Å². The lowest BCUT2D eigenvalue weighted by Gasteiger charge is -2.56. The number of fused-ring (bicyclic) bond motifs is 5. The van der Waals surface area contributed by atoms with Gasteiger partial charge in [0.2, 0.25) is 0 Å². The first-order valence-electron chi connectivity index (χ1n) is 12.5. The molecular weight excluding hydrogens is 430 g/mol. The first-order valence-corrected chi connectivity index (χ1v) is 12.5. The van der Waals surface area contributed by atoms with Crippen molar-refractivity contribution in [2.24, 2.45) is 28.6 Å². The van der Waals surface area contributed by atoms with Crippen molar-refractivity contribution in [1.29, 1.82) is 0 Å². The standard InChI is InChI=1S/C28H33NO5/c1-17(30)34-22-10-12-27(2)20(16-22)6-9-23-24(27)11-13-28(3)25(23)15-19(26(28)31)14-18-4-7-21(8-5-18)29(32)33/h4-8,14,22-25H,9-13,15-16H2,1-3H3/b19-14+/t22-,23-,24+,25+,27-,28-/m0/s1. The average Bonchev–Trinajstić information content (AvgIpc) is 3.04. The number of esters is 1. The van der Waals surface area contributed by atoms with Crippen LogP contribution in [0, 0.1) is 38.7 Å². The predicted molar refractivity (Wildman–Crippen MR) is 129 cm³/mol. The Hall–Kier alpha value is -2.76. The summed E-state index contributed by atoms with van der Waals surface area (Å²) in [5.74, 6) is 1.41. The van der Waals surface area contributed by atoms with Crippen LogP contribution in [0.25, 0.3) is 6.08 Å². The van der Waals surface area contributed by atoms with Crippen molar-refractivity contribution < 1.29 is 19.2 Å². The maximum Gasteiger partial charge on any atom is 0.302 e. The quantitative estimate of drug-likeness (QED) is 0.179. The Morgan fingerprint density at radius 2 is 1.79 bits per heavy atom. The maximum absolute atomic E-state index is 13.6. The van der Waals surface area contributed by atoms with E-state index in [0.717, 1.165) is 56.1 Å². The Balaban J connectivity index is 1.40. The maximum atomic E-state index is 13.6. The van der Waals surface area contributed by atoms with E-state index in [4.69, 9.17) is 4.74 Å². The molecule has 3 saturated carbocycles. The highest BCUT2D eigenvalue weighted by atomic mass is 16.6. The van der Waals surface area contributed by atoms with Crippen LogP contribution in [-0.4, -0.2) is 22.8 Å². The van der Waals surface area contributed by atoms with Gasteiger partial charge in [0.05, 0.1) is 4.92 Å². The van der Waals surface area contributed by atoms with E-state index in [1.165, 1.54) is 24.6 Å². The van der Waals surface area contributed by atoms with E-state index in [-0.39, 0.29) is 34.4 Å². The van der Waals surface area contributed by atoms with Gasteiger partial charge in [-0.05, 0) is 91.0 Å². The lowest BCUT2D eigenvalue weighted by atomic mass is 9.48. The fraction of sp³-hybridized carbons (Fsp3) is 0.571. The van der Waals surface area contributed by atoms with Crippen LogP contribution in [0.15, 0.2) is 41.5 Å². The Morgan fingerprint density at radius 3 is 2.47 bits per heavy atom. The minimum Gasteiger partial charge on any atom is -0.462 e. The summed E-state index contributed by atoms with van der Waals surface area (Å²) in [5, 5.41) is 11.0. The summed E-state index contributed by atoms with van der Waals surface area (Å²) in [6.45, 7) is 6.04. The van der Waals surface area contributed by atoms with Crippen molar-refractivity contribution in [3.05, 3.63) is 57.2 Å². The molecule has 180 valence electrons. The zero-order valence-electron chi connectivity index (χ0n) is 20.2. The molecule has 5 rings (SSSR count). The summed E-state index contributed by atoms with van der Waals surface area (Å²) < 4.78 is 5.54. The number of benzene rings is 1. The number of Topliss-reactive ketones (excluding diaryl/α,β-unsaturated/α-hetero) is 1. The van der Waals surface area contributed by atoms with E-state index >= 15 is 0 Å². The Morgan fingerprint density at radius 1 is 1.09 bits per heavy atom. The van der Waals surface area contributed by atoms with Gasteiger partial charge >= 0.3 is 5.97 Å². The summed E-state index contributed by atoms with van der Waals surface area (Å²) in [4.78, 5) is 35.6. The van der Waals surface area contributed by atoms with E-state index in [0.29, 0.717) is 17.8 Å². The molecule has 0 saturated heterocycles. The third-order valence-electron chi connectivity index (χ3n) is 9.48. The molecule has 0 spiro atoms. The van der Waals surface area contributed by atoms with E-state index in [2.05, 4.69) is 19.9 Å². The molecule has 0 heterocycles. The molecule has 0 aromatic heterocycles. The minimum absolute atomic E-state index is 0.00785. The fourth-order valence-corrected chi connectivity index (χ4v) is 7.66. The van der Waals surface area contributed by atoms with E-state index < -0.39 is 4.92 Å². The van der Waals surface area contributed by atoms with E-state index in [9.17, 15) is 19.7 Å². The number of ether oxygens (including phenoxy) is 1. The third-order valence-corrected chi connectivity index (χ3v) is 9.48. The SMILES string of the molecule is CC(=O)O[C@H]1CC[C@@]2(C)C(=CC[C@H]3[C@H]2CC[C@]2(C)C(=O)/C(=C/c4ccc([N+](=O)[O-])cc4)C[C@H]32)C1. The first-order chi connectivity index (χ1) is 16.1. The van der Waals surface area contributed by atoms with E-state index in [1.807, 2.05) is 6.08 Å². The van der Waals surface area contributed by atoms with Crippen molar-refractivity contribution in [2.45, 2.75) is 71.8 Å². The summed E-state index contributed by atoms with van der Waals surface area (Å²) in [5.41, 5.74) is 3.00. The first kappa shape index (κ1) is 23.0. The second-order valence-corrected chi connectivity index (χ2v) is 11.2. The molecule has 4 aliphatic carbocycles. The highest BCUT2D eigenvalue weighted by molar-refractivity contribution is 6.06. The Kier molecular flexibility index (Phi) is 5.53. The lowest BCUT2D eigenvalue weighted by Crippen LogP contribution is -2.50. The lowest BCUT2D eigenvalue weighted by molar-refractivity contribution is -0.384. The Bertz CT molecular complexity index is 1100. The molecule has 4 aliphatic rings. The number of nitro groups is 1. The van der Waals surface area contributed by atoms with Crippen molar-refractivity contribution in [3.63, 3.8) is 0 Å². The van der Waals surface area contributed by atoms with Gasteiger partial charge in [0.25, 0.3) is 5.69 Å². The minimum atomic E-state index is -0.404. The largest absolute Gasteiger partial charge is 0.462 e. The number of carbonyl (C=O) groups is 2. The average molecular weight is 464 g/mol. The second-order valence-electron chi connectivity index (χ2n) is 11.2. The van der Waals surface area contributed by atoms with Crippen LogP contribution in [0.1, 0.15) is 71.3 Å². The monoisotopic (exact) mass is 463 g/mol. The van der Waals surface area contributed by atoms with Crippen molar-refractivity contribution in [1.82, 2.24) is 0 Å². The summed E-state index contributed by atoms with van der Waals surface area (Å²) in [6.07, 6.45) is 10.8. The van der Waals surface area contributed by atoms with Gasteiger partial charge in [-0.25, -0.2) is 0 Å². The Labute approximate surface area is 200 Å². The zero-order chi connectivity index (χ0) is 24.3. The van der Waals surface area contributed by atoms with Crippen LogP contribution < -0.4 is 0 Å². The number of ketones is 1. The number of rotatable bonds is 3. The van der Waals surface area contributed by atoms with Gasteiger partial charge in [0.15, 0.2) is 5.78 Å². The van der Waals surface area contributed by atoms with Crippen LogP contribution in [0.4, 0.5) is 5.69 Å². The molecule has 6 atom stereocenters. The van der Waals surface area contributed by atoms with Gasteiger partial charge in [0, 0.05) is 30.9 Å². The molecule has 0 amide bonds. The summed E-state index contributed by atoms with van der Waals surface area (Å²) in [6, 6.07) is 6.45. The van der Waals surface area contributed by atoms with Gasteiger partial charge in [-0.2, -0.15) is 0 Å². The van der Waals surface area contributed by atoms with Crippen LogP contribution in [0.3, 0.4) is 0 Å². The molecule has 0 unspecified atom stereocenters. The van der Waals surface area contributed by atoms with Crippen molar-refractivity contribution in [2.75, 3.05) is 0 Å². The third kappa shape index (κ3) is 3.62. The molecule has 34 heavy (non-hydrogen) atoms. The number of hydrogen-bond acceptors (Lipinski definition) is 5. The topological polar surface area (TPSA) is 86.5 Å². The van der Waals surface area contributed by atoms with E-state index in [1.54, 1.807) is 12.1 Å². The summed E-state index contributed by atoms with van der Waals surface area (Å²) in [7, 11) is 0. The number of nitro benzene ring substituents is 1. The van der Waals surface area contributed by atoms with Crippen molar-refractivity contribution in [3.8, 4) is 0 Å². The smallest absolute Gasteiger partial charge is 0.302 e. The zero-order valence-corrected chi connectivity index (χ0v) is 20.2. The number of hydrogen-bond donors (Lipinski definition) is 0. The van der Waals surface area contributed by atoms with Crippen LogP contribution >= 0.6 is 0 Å². The molecule has 1 aromatic rings. The molecule has 0 N–H and O–H groups in total. The van der Waals surface area contributed by atoms with Gasteiger partial charge < -0.3 is 4.74 Å². The van der Waals surface area contributed by atoms with Crippen molar-refractivity contribution >= 4 is 23.5 Å². The highest BCUT2D eigenvalue weighted by Crippen LogP contribution is 2.64. The van der Waals surface area contributed by atoms with Crippen LogP contribution in [0.5, 0.6) is 0 Å². The highest BCUT2D eigenvalue weighted by Gasteiger charge is 2.60. The molecule has 6 nitrogen and oxygen atoms in total. The normalized spacial score (nSPS) is 37.9. The molecule has 0 radical (unpaired) electrons. The number of non-ortho nitro benzene ring substituents is 1. The van der Waals surface area contributed by atoms with Gasteiger partial charge in [-0.1, -0.05) is 25.5 Å². The molecule has 3 fully saturated rings. The molecule has 0 bridgehead atoms. The summed E-state index contributed by atoms with van der Waals surface area (Å²) >= 11 is 0. The second kappa shape index (κ2) is 8.17. The van der Waals surface area contributed by atoms with Gasteiger partial charge in [-0.3, -0.25) is 19.7 Å². The number of allylic oxidation sites excluding steroid dienone is 2. The molecule has 1 aromatic carbocycles. The predicted octanol–water partition coefficient (Wildman–Crippen LogP) is 6.05. The number of carbonyl (C=O) groups excluding carboxylic acids is 2.